The van der Waals surface area contributed by atoms with Crippen molar-refractivity contribution in [3.8, 4) is 0 Å². The topological polar surface area (TPSA) is 6.48 Å². The van der Waals surface area contributed by atoms with Gasteiger partial charge in [-0.05, 0) is 70.2 Å². The molecule has 0 saturated heterocycles. The first-order valence-corrected chi connectivity index (χ1v) is 14.6. The number of hydrogen-bond donors (Lipinski definition) is 0. The van der Waals surface area contributed by atoms with Crippen molar-refractivity contribution < 1.29 is 0 Å². The van der Waals surface area contributed by atoms with Crippen LogP contribution in [0.2, 0.25) is 0 Å². The van der Waals surface area contributed by atoms with Crippen LogP contribution in [0.5, 0.6) is 0 Å². The number of para-hydroxylation sites is 3. The molecule has 0 spiro atoms. The minimum atomic E-state index is 0.161. The summed E-state index contributed by atoms with van der Waals surface area (Å²) in [6.45, 7) is 0.161. The predicted molar refractivity (Wildman–Crippen MR) is 173 cm³/mol. The summed E-state index contributed by atoms with van der Waals surface area (Å²) in [7, 11) is 0. The normalized spacial score (nSPS) is 13.3. The Bertz CT molecular complexity index is 2080. The molecule has 2 aliphatic heterocycles. The minimum absolute atomic E-state index is 0.161. The molecule has 0 aliphatic carbocycles. The summed E-state index contributed by atoms with van der Waals surface area (Å²) < 4.78 is 2.75. The van der Waals surface area contributed by atoms with Crippen molar-refractivity contribution in [1.29, 1.82) is 0 Å². The van der Waals surface area contributed by atoms with Crippen LogP contribution in [0, 0.1) is 0 Å². The number of nitrogens with zero attached hydrogens (tertiary/aromatic N) is 2. The first-order valence-electron chi connectivity index (χ1n) is 13.7. The maximum Gasteiger partial charge on any atom is 0.264 e. The van der Waals surface area contributed by atoms with Crippen LogP contribution in [0.25, 0.3) is 20.9 Å². The molecule has 7 aromatic rings. The van der Waals surface area contributed by atoms with Crippen LogP contribution in [-0.2, 0) is 0 Å². The van der Waals surface area contributed by atoms with Crippen LogP contribution >= 0.6 is 11.3 Å². The zero-order valence-electron chi connectivity index (χ0n) is 21.7. The van der Waals surface area contributed by atoms with Crippen LogP contribution < -0.4 is 25.5 Å². The zero-order chi connectivity index (χ0) is 26.2. The number of hydrogen-bond acceptors (Lipinski definition) is 3. The van der Waals surface area contributed by atoms with E-state index in [2.05, 4.69) is 149 Å². The maximum absolute atomic E-state index is 2.52. The van der Waals surface area contributed by atoms with Gasteiger partial charge in [-0.2, -0.15) is 0 Å². The van der Waals surface area contributed by atoms with Gasteiger partial charge in [-0.15, -0.1) is 11.3 Å². The number of rotatable bonds is 2. The Balaban J connectivity index is 1.44. The van der Waals surface area contributed by atoms with Crippen molar-refractivity contribution in [3.05, 3.63) is 140 Å². The summed E-state index contributed by atoms with van der Waals surface area (Å²) in [5.41, 5.74) is 10.2. The first-order chi connectivity index (χ1) is 19.9. The third kappa shape index (κ3) is 2.94. The highest BCUT2D eigenvalue weighted by Crippen LogP contribution is 2.48. The fraction of sp³-hybridized carbons (Fsp3) is 0. The zero-order valence-corrected chi connectivity index (χ0v) is 22.5. The summed E-state index contributed by atoms with van der Waals surface area (Å²) in [6, 6.07) is 50.9. The number of anilines is 6. The Kier molecular flexibility index (Phi) is 4.61. The quantitative estimate of drug-likeness (QED) is 0.210. The highest BCUT2D eigenvalue weighted by Gasteiger charge is 2.44. The highest BCUT2D eigenvalue weighted by atomic mass is 32.1. The van der Waals surface area contributed by atoms with Gasteiger partial charge in [0.1, 0.15) is 0 Å². The van der Waals surface area contributed by atoms with E-state index in [9.17, 15) is 0 Å². The molecule has 0 saturated carbocycles. The smallest absolute Gasteiger partial charge is 0.264 e. The van der Waals surface area contributed by atoms with Gasteiger partial charge in [-0.25, -0.2) is 0 Å². The summed E-state index contributed by atoms with van der Waals surface area (Å²) >= 11 is 1.95. The molecule has 0 bridgehead atoms. The minimum Gasteiger partial charge on any atom is -0.311 e. The van der Waals surface area contributed by atoms with E-state index in [1.165, 1.54) is 70.7 Å². The fourth-order valence-corrected chi connectivity index (χ4v) is 8.16. The fourth-order valence-electron chi connectivity index (χ4n) is 6.83. The predicted octanol–water partition coefficient (Wildman–Crippen LogP) is 8.14. The molecule has 0 unspecified atom stereocenters. The first kappa shape index (κ1) is 22.1. The lowest BCUT2D eigenvalue weighted by atomic mass is 9.36. The molecule has 2 aliphatic rings. The van der Waals surface area contributed by atoms with Crippen LogP contribution in [0.3, 0.4) is 0 Å². The van der Waals surface area contributed by atoms with E-state index in [0.29, 0.717) is 0 Å². The van der Waals surface area contributed by atoms with Gasteiger partial charge in [0.15, 0.2) is 0 Å². The number of thiophene rings is 1. The van der Waals surface area contributed by atoms with E-state index >= 15 is 0 Å². The second-order valence-corrected chi connectivity index (χ2v) is 11.6. The third-order valence-electron chi connectivity index (χ3n) is 8.41. The Morgan fingerprint density at radius 2 is 1.12 bits per heavy atom. The Labute approximate surface area is 237 Å². The second kappa shape index (κ2) is 8.35. The number of fused-ring (bicyclic) bond motifs is 8. The van der Waals surface area contributed by atoms with Gasteiger partial charge < -0.3 is 9.80 Å². The highest BCUT2D eigenvalue weighted by molar-refractivity contribution is 7.34. The molecule has 186 valence electrons. The Morgan fingerprint density at radius 1 is 0.500 bits per heavy atom. The van der Waals surface area contributed by atoms with E-state index < -0.39 is 0 Å². The van der Waals surface area contributed by atoms with Crippen molar-refractivity contribution in [1.82, 2.24) is 0 Å². The standard InChI is InChI=1S/C36H23BN2S/c1-3-13-25(14-4-1)38-29-19-10-9-18-28(29)37-34-30(38)20-11-21-31(34)39(26-15-5-2-6-16-26)35-33-27-17-8-7-12-24(27)22-23-32(33)40-36(35)37/h1-23H. The molecule has 6 aromatic carbocycles. The molecule has 4 heteroatoms. The lowest BCUT2D eigenvalue weighted by molar-refractivity contribution is 1.26. The van der Waals surface area contributed by atoms with Crippen molar-refractivity contribution in [2.24, 2.45) is 0 Å². The van der Waals surface area contributed by atoms with Crippen LogP contribution in [-0.4, -0.2) is 6.71 Å². The van der Waals surface area contributed by atoms with Crippen LogP contribution in [0.1, 0.15) is 0 Å². The van der Waals surface area contributed by atoms with Gasteiger partial charge in [-0.3, -0.25) is 0 Å². The average Bonchev–Trinajstić information content (AvgIpc) is 3.41. The largest absolute Gasteiger partial charge is 0.311 e. The van der Waals surface area contributed by atoms with E-state index in [-0.39, 0.29) is 6.71 Å². The molecule has 3 heterocycles. The summed E-state index contributed by atoms with van der Waals surface area (Å²) in [4.78, 5) is 4.97. The molecule has 0 amide bonds. The van der Waals surface area contributed by atoms with E-state index in [1.54, 1.807) is 0 Å². The SMILES string of the molecule is c1ccc(N2c3ccccc3B3c4sc5ccc6ccccc6c5c4N(c4ccccc4)c4cccc2c43)cc1. The van der Waals surface area contributed by atoms with Gasteiger partial charge in [-0.1, -0.05) is 91.0 Å². The van der Waals surface area contributed by atoms with Gasteiger partial charge in [0.05, 0.1) is 5.69 Å². The van der Waals surface area contributed by atoms with Crippen LogP contribution in [0.15, 0.2) is 140 Å². The Morgan fingerprint density at radius 3 is 1.93 bits per heavy atom. The lowest BCUT2D eigenvalue weighted by Gasteiger charge is -2.43. The second-order valence-electron chi connectivity index (χ2n) is 10.5. The number of benzene rings is 6. The van der Waals surface area contributed by atoms with E-state index in [4.69, 9.17) is 0 Å². The molecular formula is C36H23BN2S. The van der Waals surface area contributed by atoms with Crippen molar-refractivity contribution in [2.75, 3.05) is 9.80 Å². The molecule has 0 N–H and O–H groups in total. The molecular weight excluding hydrogens is 503 g/mol. The van der Waals surface area contributed by atoms with Gasteiger partial charge in [0.2, 0.25) is 0 Å². The van der Waals surface area contributed by atoms with E-state index in [1.807, 2.05) is 11.3 Å². The third-order valence-corrected chi connectivity index (χ3v) is 9.62. The molecule has 0 radical (unpaired) electrons. The monoisotopic (exact) mass is 526 g/mol. The Hall–Kier alpha value is -4.80. The molecule has 9 rings (SSSR count). The summed E-state index contributed by atoms with van der Waals surface area (Å²) in [5.74, 6) is 0. The van der Waals surface area contributed by atoms with Gasteiger partial charge in [0, 0.05) is 43.3 Å². The average molecular weight is 526 g/mol. The molecule has 0 fully saturated rings. The van der Waals surface area contributed by atoms with Gasteiger partial charge in [0.25, 0.3) is 6.71 Å². The molecule has 1 aromatic heterocycles. The van der Waals surface area contributed by atoms with E-state index in [0.717, 1.165) is 0 Å². The van der Waals surface area contributed by atoms with Gasteiger partial charge >= 0.3 is 0 Å². The summed E-state index contributed by atoms with van der Waals surface area (Å²) in [6.07, 6.45) is 0. The maximum atomic E-state index is 2.52. The molecule has 0 atom stereocenters. The molecule has 2 nitrogen and oxygen atoms in total. The van der Waals surface area contributed by atoms with Crippen molar-refractivity contribution in [3.63, 3.8) is 0 Å². The van der Waals surface area contributed by atoms with Crippen molar-refractivity contribution >= 4 is 88.7 Å². The van der Waals surface area contributed by atoms with Crippen LogP contribution in [0.4, 0.5) is 34.1 Å². The summed E-state index contributed by atoms with van der Waals surface area (Å²) in [5, 5.41) is 3.94. The molecule has 40 heavy (non-hydrogen) atoms. The van der Waals surface area contributed by atoms with Crippen molar-refractivity contribution in [2.45, 2.75) is 0 Å². The lowest BCUT2D eigenvalue weighted by Crippen LogP contribution is -2.60.